The maximum Gasteiger partial charge on any atom is 0.387 e. The third kappa shape index (κ3) is 5.12. The highest BCUT2D eigenvalue weighted by Gasteiger charge is 2.28. The van der Waals surface area contributed by atoms with Crippen LogP contribution in [0, 0.1) is 0 Å². The van der Waals surface area contributed by atoms with Crippen LogP contribution >= 0.6 is 0 Å². The Balaban J connectivity index is 1.61. The van der Waals surface area contributed by atoms with E-state index in [-0.39, 0.29) is 17.1 Å². The molecular weight excluding hydrogens is 466 g/mol. The van der Waals surface area contributed by atoms with Gasteiger partial charge in [0.2, 0.25) is 10.0 Å². The molecule has 1 saturated heterocycles. The van der Waals surface area contributed by atoms with Crippen molar-refractivity contribution in [2.45, 2.75) is 13.0 Å². The Morgan fingerprint density at radius 1 is 1.06 bits per heavy atom. The van der Waals surface area contributed by atoms with Gasteiger partial charge < -0.3 is 14.8 Å². The van der Waals surface area contributed by atoms with Crippen molar-refractivity contribution in [3.63, 3.8) is 0 Å². The number of sulfonamides is 1. The zero-order chi connectivity index (χ0) is 24.3. The van der Waals surface area contributed by atoms with Gasteiger partial charge in [0, 0.05) is 23.4 Å². The summed E-state index contributed by atoms with van der Waals surface area (Å²) >= 11 is 0. The minimum atomic E-state index is -3.38. The maximum atomic E-state index is 12.9. The van der Waals surface area contributed by atoms with Gasteiger partial charge in [-0.3, -0.25) is 9.10 Å². The van der Waals surface area contributed by atoms with Crippen LogP contribution in [0.1, 0.15) is 16.8 Å². The van der Waals surface area contributed by atoms with Crippen molar-refractivity contribution in [1.29, 1.82) is 0 Å². The molecule has 1 N–H and O–H groups in total. The van der Waals surface area contributed by atoms with Gasteiger partial charge in [-0.05, 0) is 60.5 Å². The lowest BCUT2D eigenvalue weighted by Crippen LogP contribution is -2.25. The van der Waals surface area contributed by atoms with Crippen LogP contribution in [0.2, 0.25) is 0 Å². The molecule has 0 spiro atoms. The van der Waals surface area contributed by atoms with Crippen LogP contribution in [0.3, 0.4) is 0 Å². The Labute approximate surface area is 196 Å². The third-order valence-corrected chi connectivity index (χ3v) is 7.22. The first-order valence-electron chi connectivity index (χ1n) is 10.4. The summed E-state index contributed by atoms with van der Waals surface area (Å²) in [5.74, 6) is 0.162. The predicted molar refractivity (Wildman–Crippen MR) is 125 cm³/mol. The topological polar surface area (TPSA) is 84.9 Å². The Hall–Kier alpha value is -3.66. The molecule has 1 heterocycles. The molecule has 0 aliphatic carbocycles. The molecule has 10 heteroatoms. The molecule has 0 atom stereocenters. The molecule has 3 aromatic rings. The van der Waals surface area contributed by atoms with E-state index < -0.39 is 22.5 Å². The summed E-state index contributed by atoms with van der Waals surface area (Å²) in [7, 11) is -1.86. The molecule has 0 radical (unpaired) electrons. The number of ether oxygens (including phenoxy) is 2. The van der Waals surface area contributed by atoms with Crippen LogP contribution in [0.5, 0.6) is 11.5 Å². The highest BCUT2D eigenvalue weighted by Crippen LogP contribution is 2.35. The Morgan fingerprint density at radius 3 is 2.47 bits per heavy atom. The van der Waals surface area contributed by atoms with Gasteiger partial charge in [0.15, 0.2) is 0 Å². The van der Waals surface area contributed by atoms with E-state index in [2.05, 4.69) is 10.1 Å². The van der Waals surface area contributed by atoms with Gasteiger partial charge in [-0.1, -0.05) is 18.2 Å². The van der Waals surface area contributed by atoms with Crippen molar-refractivity contribution in [3.05, 3.63) is 72.3 Å². The van der Waals surface area contributed by atoms with Gasteiger partial charge in [0.1, 0.15) is 11.5 Å². The summed E-state index contributed by atoms with van der Waals surface area (Å²) in [6, 6.07) is 17.4. The third-order valence-electron chi connectivity index (χ3n) is 5.35. The smallest absolute Gasteiger partial charge is 0.387 e. The number of rotatable bonds is 7. The second-order valence-corrected chi connectivity index (χ2v) is 9.58. The van der Waals surface area contributed by atoms with E-state index in [1.807, 2.05) is 0 Å². The second-order valence-electron chi connectivity index (χ2n) is 7.56. The first kappa shape index (κ1) is 23.5. The molecular formula is C24H22F2N2O5S. The highest BCUT2D eigenvalue weighted by molar-refractivity contribution is 7.93. The van der Waals surface area contributed by atoms with Crippen molar-refractivity contribution >= 4 is 27.3 Å². The molecule has 0 unspecified atom stereocenters. The number of hydrogen-bond donors (Lipinski definition) is 1. The van der Waals surface area contributed by atoms with Crippen molar-refractivity contribution in [2.75, 3.05) is 29.0 Å². The summed E-state index contributed by atoms with van der Waals surface area (Å²) in [6.45, 7) is -2.65. The molecule has 1 aliphatic heterocycles. The molecule has 0 bridgehead atoms. The van der Waals surface area contributed by atoms with Crippen molar-refractivity contribution in [3.8, 4) is 22.6 Å². The van der Waals surface area contributed by atoms with Gasteiger partial charge in [-0.15, -0.1) is 0 Å². The predicted octanol–water partition coefficient (Wildman–Crippen LogP) is 4.76. The Bertz CT molecular complexity index is 1300. The zero-order valence-electron chi connectivity index (χ0n) is 18.2. The molecule has 0 saturated carbocycles. The molecule has 34 heavy (non-hydrogen) atoms. The number of benzene rings is 3. The number of anilines is 2. The molecule has 0 aromatic heterocycles. The fourth-order valence-electron chi connectivity index (χ4n) is 3.74. The van der Waals surface area contributed by atoms with E-state index in [4.69, 9.17) is 4.74 Å². The molecule has 7 nitrogen and oxygen atoms in total. The summed E-state index contributed by atoms with van der Waals surface area (Å²) in [5.41, 5.74) is 1.99. The molecule has 178 valence electrons. The summed E-state index contributed by atoms with van der Waals surface area (Å²) < 4.78 is 61.4. The quantitative estimate of drug-likeness (QED) is 0.519. The average Bonchev–Trinajstić information content (AvgIpc) is 3.18. The van der Waals surface area contributed by atoms with E-state index in [0.29, 0.717) is 41.2 Å². The number of hydrogen-bond acceptors (Lipinski definition) is 5. The fraction of sp³-hybridized carbons (Fsp3) is 0.208. The first-order chi connectivity index (χ1) is 16.3. The summed E-state index contributed by atoms with van der Waals surface area (Å²) in [4.78, 5) is 12.9. The number of methoxy groups -OCH3 is 1. The maximum absolute atomic E-state index is 12.9. The standard InChI is InChI=1S/C24H22F2N2O5S/c1-32-20-9-6-16(7-10-20)21-15-18(8-11-22(21)33-24(25)26)27-23(29)17-4-2-5-19(14-17)28-12-3-13-34(28,30)31/h2,4-11,14-15,24H,3,12-13H2,1H3,(H,27,29). The lowest BCUT2D eigenvalue weighted by Gasteiger charge is -2.18. The minimum absolute atomic E-state index is 0.0422. The van der Waals surface area contributed by atoms with E-state index >= 15 is 0 Å². The number of carbonyl (C=O) groups is 1. The van der Waals surface area contributed by atoms with E-state index in [0.717, 1.165) is 0 Å². The number of nitrogens with zero attached hydrogens (tertiary/aromatic N) is 1. The number of nitrogens with one attached hydrogen (secondary N) is 1. The number of halogens is 2. The first-order valence-corrected chi connectivity index (χ1v) is 12.0. The van der Waals surface area contributed by atoms with Crippen LogP contribution in [-0.4, -0.2) is 40.3 Å². The van der Waals surface area contributed by atoms with Crippen LogP contribution in [-0.2, 0) is 10.0 Å². The van der Waals surface area contributed by atoms with Crippen molar-refractivity contribution in [1.82, 2.24) is 0 Å². The van der Waals surface area contributed by atoms with E-state index in [1.165, 1.54) is 35.7 Å². The second kappa shape index (κ2) is 9.68. The van der Waals surface area contributed by atoms with Crippen LogP contribution < -0.4 is 19.1 Å². The molecule has 1 amide bonds. The van der Waals surface area contributed by atoms with Gasteiger partial charge >= 0.3 is 6.61 Å². The van der Waals surface area contributed by atoms with Crippen LogP contribution in [0.4, 0.5) is 20.2 Å². The molecule has 1 fully saturated rings. The largest absolute Gasteiger partial charge is 0.497 e. The highest BCUT2D eigenvalue weighted by atomic mass is 32.2. The number of carbonyl (C=O) groups excluding carboxylic acids is 1. The van der Waals surface area contributed by atoms with Crippen molar-refractivity contribution in [2.24, 2.45) is 0 Å². The van der Waals surface area contributed by atoms with E-state index in [9.17, 15) is 22.0 Å². The van der Waals surface area contributed by atoms with Crippen LogP contribution in [0.25, 0.3) is 11.1 Å². The summed E-state index contributed by atoms with van der Waals surface area (Å²) in [5, 5.41) is 2.74. The van der Waals surface area contributed by atoms with E-state index in [1.54, 1.807) is 42.5 Å². The number of amides is 1. The number of alkyl halides is 2. The Kier molecular flexibility index (Phi) is 6.69. The van der Waals surface area contributed by atoms with Gasteiger partial charge in [0.25, 0.3) is 5.91 Å². The molecule has 3 aromatic carbocycles. The fourth-order valence-corrected chi connectivity index (χ4v) is 5.29. The monoisotopic (exact) mass is 488 g/mol. The zero-order valence-corrected chi connectivity index (χ0v) is 19.0. The lowest BCUT2D eigenvalue weighted by atomic mass is 10.0. The lowest BCUT2D eigenvalue weighted by molar-refractivity contribution is -0.0494. The van der Waals surface area contributed by atoms with Crippen LogP contribution in [0.15, 0.2) is 66.7 Å². The Morgan fingerprint density at radius 2 is 1.82 bits per heavy atom. The normalized spacial score (nSPS) is 14.8. The average molecular weight is 489 g/mol. The molecule has 4 rings (SSSR count). The minimum Gasteiger partial charge on any atom is -0.497 e. The summed E-state index contributed by atoms with van der Waals surface area (Å²) in [6.07, 6.45) is 0.528. The van der Waals surface area contributed by atoms with Crippen molar-refractivity contribution < 1.29 is 31.5 Å². The van der Waals surface area contributed by atoms with Gasteiger partial charge in [-0.25, -0.2) is 8.42 Å². The van der Waals surface area contributed by atoms with Gasteiger partial charge in [0.05, 0.1) is 18.6 Å². The SMILES string of the molecule is COc1ccc(-c2cc(NC(=O)c3cccc(N4CCCS4(=O)=O)c3)ccc2OC(F)F)cc1. The molecule has 1 aliphatic rings. The van der Waals surface area contributed by atoms with Gasteiger partial charge in [-0.2, -0.15) is 8.78 Å².